The molecule has 2 N–H and O–H groups in total. The molecule has 0 aliphatic heterocycles. The highest BCUT2D eigenvalue weighted by atomic mass is 32.2. The van der Waals surface area contributed by atoms with E-state index in [0.717, 1.165) is 15.3 Å². The van der Waals surface area contributed by atoms with Gasteiger partial charge in [0.15, 0.2) is 0 Å². The van der Waals surface area contributed by atoms with Crippen molar-refractivity contribution in [2.75, 3.05) is 20.6 Å². The first-order valence-electron chi connectivity index (χ1n) is 9.27. The van der Waals surface area contributed by atoms with Crippen LogP contribution in [0.4, 0.5) is 0 Å². The fourth-order valence-corrected chi connectivity index (χ4v) is 3.80. The lowest BCUT2D eigenvalue weighted by Crippen LogP contribution is -2.38. The maximum absolute atomic E-state index is 12.4. The maximum Gasteiger partial charge on any atom is 0.251 e. The van der Waals surface area contributed by atoms with Crippen LogP contribution in [-0.4, -0.2) is 45.2 Å². The van der Waals surface area contributed by atoms with Crippen LogP contribution >= 0.6 is 0 Å². The van der Waals surface area contributed by atoms with E-state index in [4.69, 9.17) is 4.42 Å². The van der Waals surface area contributed by atoms with Gasteiger partial charge in [0.1, 0.15) is 11.3 Å². The highest BCUT2D eigenvalue weighted by Crippen LogP contribution is 2.23. The normalized spacial score (nSPS) is 12.7. The second-order valence-corrected chi connectivity index (χ2v) is 9.13. The van der Waals surface area contributed by atoms with Crippen molar-refractivity contribution in [3.05, 3.63) is 65.9 Å². The van der Waals surface area contributed by atoms with Gasteiger partial charge in [-0.3, -0.25) is 9.59 Å². The summed E-state index contributed by atoms with van der Waals surface area (Å²) in [6.07, 6.45) is 0. The summed E-state index contributed by atoms with van der Waals surface area (Å²) in [6.45, 7) is 1.53. The predicted molar refractivity (Wildman–Crippen MR) is 112 cm³/mol. The van der Waals surface area contributed by atoms with E-state index in [0.29, 0.717) is 5.76 Å². The van der Waals surface area contributed by atoms with Crippen LogP contribution < -0.4 is 10.6 Å². The Labute approximate surface area is 174 Å². The van der Waals surface area contributed by atoms with Gasteiger partial charge < -0.3 is 15.1 Å². The number of rotatable bonds is 7. The zero-order valence-electron chi connectivity index (χ0n) is 16.9. The highest BCUT2D eigenvalue weighted by Gasteiger charge is 2.19. The maximum atomic E-state index is 12.4. The summed E-state index contributed by atoms with van der Waals surface area (Å²) in [5.41, 5.74) is 0.880. The van der Waals surface area contributed by atoms with E-state index in [-0.39, 0.29) is 23.0 Å². The predicted octanol–water partition coefficient (Wildman–Crippen LogP) is 2.29. The van der Waals surface area contributed by atoms with E-state index in [2.05, 4.69) is 10.6 Å². The average Bonchev–Trinajstić information content (AvgIpc) is 3.16. The Morgan fingerprint density at radius 2 is 1.80 bits per heavy atom. The van der Waals surface area contributed by atoms with Crippen molar-refractivity contribution >= 4 is 32.8 Å². The highest BCUT2D eigenvalue weighted by molar-refractivity contribution is 7.89. The number of fused-ring (bicyclic) bond motifs is 1. The monoisotopic (exact) mass is 429 g/mol. The van der Waals surface area contributed by atoms with Crippen LogP contribution in [0.25, 0.3) is 11.0 Å². The van der Waals surface area contributed by atoms with Crippen molar-refractivity contribution in [2.45, 2.75) is 17.9 Å². The molecular weight excluding hydrogens is 406 g/mol. The number of furan rings is 1. The molecule has 0 fully saturated rings. The molecule has 3 aromatic rings. The molecule has 1 heterocycles. The van der Waals surface area contributed by atoms with Crippen LogP contribution in [0.15, 0.2) is 63.9 Å². The van der Waals surface area contributed by atoms with Gasteiger partial charge in [0.2, 0.25) is 15.9 Å². The smallest absolute Gasteiger partial charge is 0.251 e. The Bertz CT molecular complexity index is 1150. The van der Waals surface area contributed by atoms with Crippen LogP contribution in [0.2, 0.25) is 0 Å². The van der Waals surface area contributed by atoms with Crippen molar-refractivity contribution < 1.29 is 22.4 Å². The summed E-state index contributed by atoms with van der Waals surface area (Å²) >= 11 is 0. The van der Waals surface area contributed by atoms with Gasteiger partial charge >= 0.3 is 0 Å². The molecule has 0 saturated heterocycles. The summed E-state index contributed by atoms with van der Waals surface area (Å²) in [5, 5.41) is 6.20. The lowest BCUT2D eigenvalue weighted by Gasteiger charge is -2.13. The zero-order chi connectivity index (χ0) is 21.9. The molecule has 3 rings (SSSR count). The molecule has 2 amide bonds. The molecule has 0 bridgehead atoms. The first-order valence-corrected chi connectivity index (χ1v) is 10.7. The molecule has 1 unspecified atom stereocenters. The van der Waals surface area contributed by atoms with Crippen molar-refractivity contribution in [1.82, 2.24) is 14.9 Å². The van der Waals surface area contributed by atoms with E-state index < -0.39 is 21.8 Å². The second kappa shape index (κ2) is 8.68. The Morgan fingerprint density at radius 1 is 1.07 bits per heavy atom. The Hall–Kier alpha value is -3.17. The number of nitrogens with one attached hydrogen (secondary N) is 2. The van der Waals surface area contributed by atoms with Crippen LogP contribution in [-0.2, 0) is 14.8 Å². The minimum Gasteiger partial charge on any atom is -0.459 e. The number of para-hydroxylation sites is 1. The van der Waals surface area contributed by atoms with Crippen molar-refractivity contribution in [2.24, 2.45) is 0 Å². The Morgan fingerprint density at radius 3 is 2.50 bits per heavy atom. The topological polar surface area (TPSA) is 109 Å². The average molecular weight is 429 g/mol. The molecule has 0 radical (unpaired) electrons. The molecule has 158 valence electrons. The van der Waals surface area contributed by atoms with Crippen LogP contribution in [0, 0.1) is 0 Å². The SMILES string of the molecule is CC(NC(=O)CNC(=O)c1cccc(S(=O)(=O)N(C)C)c1)c1cc2ccccc2o1. The van der Waals surface area contributed by atoms with E-state index in [1.54, 1.807) is 6.92 Å². The number of carbonyl (C=O) groups excluding carboxylic acids is 2. The molecule has 9 heteroatoms. The van der Waals surface area contributed by atoms with Crippen LogP contribution in [0.5, 0.6) is 0 Å². The first-order chi connectivity index (χ1) is 14.2. The standard InChI is InChI=1S/C21H23N3O5S/c1-14(19-12-15-7-4-5-10-18(15)29-19)23-20(25)13-22-21(26)16-8-6-9-17(11-16)30(27,28)24(2)3/h4-12,14H,13H2,1-3H3,(H,22,26)(H,23,25). The Balaban J connectivity index is 1.60. The van der Waals surface area contributed by atoms with Gasteiger partial charge in [0, 0.05) is 25.0 Å². The molecule has 1 aromatic heterocycles. The molecule has 0 saturated carbocycles. The summed E-state index contributed by atoms with van der Waals surface area (Å²) in [5.74, 6) is -0.330. The van der Waals surface area contributed by atoms with E-state index in [9.17, 15) is 18.0 Å². The molecular formula is C21H23N3O5S. The summed E-state index contributed by atoms with van der Waals surface area (Å²) in [6, 6.07) is 14.7. The minimum atomic E-state index is -3.66. The van der Waals surface area contributed by atoms with Crippen molar-refractivity contribution in [1.29, 1.82) is 0 Å². The number of nitrogens with zero attached hydrogens (tertiary/aromatic N) is 1. The fraction of sp³-hybridized carbons (Fsp3) is 0.238. The van der Waals surface area contributed by atoms with Gasteiger partial charge in [-0.2, -0.15) is 0 Å². The van der Waals surface area contributed by atoms with E-state index >= 15 is 0 Å². The van der Waals surface area contributed by atoms with Gasteiger partial charge in [-0.15, -0.1) is 0 Å². The van der Waals surface area contributed by atoms with E-state index in [1.807, 2.05) is 30.3 Å². The molecule has 0 aliphatic carbocycles. The number of hydrogen-bond donors (Lipinski definition) is 2. The molecule has 0 spiro atoms. The molecule has 30 heavy (non-hydrogen) atoms. The minimum absolute atomic E-state index is 0.00288. The third-order valence-corrected chi connectivity index (χ3v) is 6.34. The number of amides is 2. The van der Waals surface area contributed by atoms with Gasteiger partial charge in [-0.05, 0) is 37.3 Å². The molecule has 8 nitrogen and oxygen atoms in total. The fourth-order valence-electron chi connectivity index (χ4n) is 2.85. The second-order valence-electron chi connectivity index (χ2n) is 6.97. The van der Waals surface area contributed by atoms with Crippen molar-refractivity contribution in [3.63, 3.8) is 0 Å². The first kappa shape index (κ1) is 21.5. The van der Waals surface area contributed by atoms with Crippen LogP contribution in [0.3, 0.4) is 0 Å². The van der Waals surface area contributed by atoms with Gasteiger partial charge in [0.25, 0.3) is 5.91 Å². The van der Waals surface area contributed by atoms with E-state index in [1.165, 1.54) is 38.4 Å². The lowest BCUT2D eigenvalue weighted by atomic mass is 10.2. The molecule has 0 aliphatic rings. The van der Waals surface area contributed by atoms with Gasteiger partial charge in [0.05, 0.1) is 17.5 Å². The quantitative estimate of drug-likeness (QED) is 0.599. The number of carbonyl (C=O) groups is 2. The van der Waals surface area contributed by atoms with Gasteiger partial charge in [-0.25, -0.2) is 12.7 Å². The zero-order valence-corrected chi connectivity index (χ0v) is 17.7. The third kappa shape index (κ3) is 4.69. The summed E-state index contributed by atoms with van der Waals surface area (Å²) < 4.78 is 31.2. The van der Waals surface area contributed by atoms with Crippen molar-refractivity contribution in [3.8, 4) is 0 Å². The summed E-state index contributed by atoms with van der Waals surface area (Å²) in [4.78, 5) is 24.6. The van der Waals surface area contributed by atoms with Gasteiger partial charge in [-0.1, -0.05) is 24.3 Å². The number of sulfonamides is 1. The summed E-state index contributed by atoms with van der Waals surface area (Å²) in [7, 11) is -0.834. The third-order valence-electron chi connectivity index (χ3n) is 4.53. The number of hydrogen-bond acceptors (Lipinski definition) is 5. The van der Waals surface area contributed by atoms with Crippen LogP contribution in [0.1, 0.15) is 29.1 Å². The largest absolute Gasteiger partial charge is 0.459 e. The number of benzene rings is 2. The lowest BCUT2D eigenvalue weighted by molar-refractivity contribution is -0.120. The molecule has 1 atom stereocenters. The Kier molecular flexibility index (Phi) is 6.23. The molecule has 2 aromatic carbocycles.